The molecule has 2 aromatic rings. The number of aromatic amines is 1. The van der Waals surface area contributed by atoms with Crippen molar-refractivity contribution >= 4 is 17.4 Å². The molecule has 0 spiro atoms. The Morgan fingerprint density at radius 2 is 2.06 bits per heavy atom. The van der Waals surface area contributed by atoms with Crippen molar-refractivity contribution in [1.29, 1.82) is 0 Å². The first-order valence-corrected chi connectivity index (χ1v) is 5.36. The Balaban J connectivity index is 2.14. The van der Waals surface area contributed by atoms with E-state index in [4.69, 9.17) is 0 Å². The molecule has 1 aromatic heterocycles. The van der Waals surface area contributed by atoms with Crippen LogP contribution in [0.5, 0.6) is 5.75 Å². The number of aromatic hydroxyl groups is 1. The summed E-state index contributed by atoms with van der Waals surface area (Å²) in [6.45, 7) is 1.43. The second kappa shape index (κ2) is 4.75. The highest BCUT2D eigenvalue weighted by molar-refractivity contribution is 6.05. The summed E-state index contributed by atoms with van der Waals surface area (Å²) in [5.74, 6) is -0.403. The van der Waals surface area contributed by atoms with Gasteiger partial charge in [-0.1, -0.05) is 6.07 Å². The van der Waals surface area contributed by atoms with Crippen LogP contribution in [0.3, 0.4) is 0 Å². The van der Waals surface area contributed by atoms with E-state index in [1.54, 1.807) is 12.1 Å². The van der Waals surface area contributed by atoms with Crippen LogP contribution in [0.15, 0.2) is 36.5 Å². The molecule has 3 N–H and O–H groups in total. The number of hydrogen-bond donors (Lipinski definition) is 3. The summed E-state index contributed by atoms with van der Waals surface area (Å²) in [5, 5.41) is 11.9. The minimum atomic E-state index is -0.367. The molecule has 0 unspecified atom stereocenters. The van der Waals surface area contributed by atoms with E-state index >= 15 is 0 Å². The Bertz CT molecular complexity index is 602. The van der Waals surface area contributed by atoms with Crippen molar-refractivity contribution in [1.82, 2.24) is 4.98 Å². The van der Waals surface area contributed by atoms with Gasteiger partial charge in [0, 0.05) is 23.5 Å². The number of H-pyrrole nitrogens is 1. The predicted molar refractivity (Wildman–Crippen MR) is 66.9 cm³/mol. The van der Waals surface area contributed by atoms with E-state index in [9.17, 15) is 14.7 Å². The number of benzene rings is 1. The molecule has 0 saturated carbocycles. The summed E-state index contributed by atoms with van der Waals surface area (Å²) in [6, 6.07) is 7.72. The Kier molecular flexibility index (Phi) is 3.14. The van der Waals surface area contributed by atoms with Crippen molar-refractivity contribution in [3.63, 3.8) is 0 Å². The molecule has 1 amide bonds. The van der Waals surface area contributed by atoms with E-state index in [1.165, 1.54) is 31.3 Å². The van der Waals surface area contributed by atoms with Gasteiger partial charge < -0.3 is 15.4 Å². The molecule has 2 rings (SSSR count). The second-order valence-corrected chi connectivity index (χ2v) is 3.86. The van der Waals surface area contributed by atoms with Crippen molar-refractivity contribution in [2.45, 2.75) is 6.92 Å². The number of nitrogens with one attached hydrogen (secondary N) is 2. The number of phenols is 1. The standard InChI is InChI=1S/C13H12N2O3/c1-8(16)9-5-12(14-7-9)13(18)15-10-3-2-4-11(17)6-10/h2-7,14,17H,1H3,(H,15,18). The van der Waals surface area contributed by atoms with Gasteiger partial charge in [-0.25, -0.2) is 0 Å². The number of amides is 1. The molecular formula is C13H12N2O3. The van der Waals surface area contributed by atoms with Crippen LogP contribution in [0.2, 0.25) is 0 Å². The van der Waals surface area contributed by atoms with Gasteiger partial charge in [-0.3, -0.25) is 9.59 Å². The Morgan fingerprint density at radius 1 is 1.28 bits per heavy atom. The van der Waals surface area contributed by atoms with Crippen LogP contribution in [-0.4, -0.2) is 21.8 Å². The van der Waals surface area contributed by atoms with E-state index in [0.29, 0.717) is 16.9 Å². The third kappa shape index (κ3) is 2.57. The van der Waals surface area contributed by atoms with Crippen LogP contribution in [-0.2, 0) is 0 Å². The summed E-state index contributed by atoms with van der Waals surface area (Å²) in [4.78, 5) is 25.7. The average molecular weight is 244 g/mol. The number of rotatable bonds is 3. The van der Waals surface area contributed by atoms with Crippen molar-refractivity contribution in [2.24, 2.45) is 0 Å². The highest BCUT2D eigenvalue weighted by Crippen LogP contribution is 2.16. The van der Waals surface area contributed by atoms with Gasteiger partial charge in [0.2, 0.25) is 0 Å². The smallest absolute Gasteiger partial charge is 0.272 e. The number of carbonyl (C=O) groups is 2. The molecule has 0 aliphatic heterocycles. The molecule has 0 bridgehead atoms. The molecule has 18 heavy (non-hydrogen) atoms. The zero-order valence-electron chi connectivity index (χ0n) is 9.73. The first-order chi connectivity index (χ1) is 8.56. The van der Waals surface area contributed by atoms with Gasteiger partial charge in [-0.2, -0.15) is 0 Å². The number of ketones is 1. The monoisotopic (exact) mass is 244 g/mol. The molecule has 0 atom stereocenters. The Labute approximate surface area is 103 Å². The minimum Gasteiger partial charge on any atom is -0.508 e. The fraction of sp³-hybridized carbons (Fsp3) is 0.0769. The lowest BCUT2D eigenvalue weighted by Crippen LogP contribution is -2.12. The number of hydrogen-bond acceptors (Lipinski definition) is 3. The van der Waals surface area contributed by atoms with Crippen molar-refractivity contribution < 1.29 is 14.7 Å². The van der Waals surface area contributed by atoms with E-state index in [0.717, 1.165) is 0 Å². The number of phenolic OH excluding ortho intramolecular Hbond substituents is 1. The lowest BCUT2D eigenvalue weighted by molar-refractivity contribution is 0.101. The summed E-state index contributed by atoms with van der Waals surface area (Å²) in [6.07, 6.45) is 1.49. The van der Waals surface area contributed by atoms with Crippen LogP contribution in [0.1, 0.15) is 27.8 Å². The molecule has 1 aromatic carbocycles. The Hall–Kier alpha value is -2.56. The molecule has 0 radical (unpaired) electrons. The van der Waals surface area contributed by atoms with Gasteiger partial charge in [0.15, 0.2) is 5.78 Å². The van der Waals surface area contributed by atoms with Gasteiger partial charge in [0.05, 0.1) is 0 Å². The summed E-state index contributed by atoms with van der Waals surface area (Å²) in [7, 11) is 0. The third-order valence-corrected chi connectivity index (χ3v) is 2.44. The van der Waals surface area contributed by atoms with Crippen LogP contribution in [0, 0.1) is 0 Å². The fourth-order valence-electron chi connectivity index (χ4n) is 1.51. The van der Waals surface area contributed by atoms with Gasteiger partial charge in [-0.05, 0) is 25.1 Å². The van der Waals surface area contributed by atoms with Crippen molar-refractivity contribution in [3.8, 4) is 5.75 Å². The lowest BCUT2D eigenvalue weighted by Gasteiger charge is -2.03. The molecule has 1 heterocycles. The van der Waals surface area contributed by atoms with E-state index < -0.39 is 0 Å². The first kappa shape index (κ1) is 11.9. The van der Waals surface area contributed by atoms with Gasteiger partial charge >= 0.3 is 0 Å². The highest BCUT2D eigenvalue weighted by Gasteiger charge is 2.10. The summed E-state index contributed by atoms with van der Waals surface area (Å²) >= 11 is 0. The average Bonchev–Trinajstić information content (AvgIpc) is 2.78. The maximum atomic E-state index is 11.8. The van der Waals surface area contributed by atoms with E-state index in [2.05, 4.69) is 10.3 Å². The van der Waals surface area contributed by atoms with E-state index in [1.807, 2.05) is 0 Å². The molecular weight excluding hydrogens is 232 g/mol. The topological polar surface area (TPSA) is 82.2 Å². The van der Waals surface area contributed by atoms with Gasteiger partial charge in [-0.15, -0.1) is 0 Å². The SMILES string of the molecule is CC(=O)c1c[nH]c(C(=O)Nc2cccc(O)c2)c1. The lowest BCUT2D eigenvalue weighted by atomic mass is 10.2. The summed E-state index contributed by atoms with van der Waals surface area (Å²) in [5.41, 5.74) is 1.23. The maximum absolute atomic E-state index is 11.8. The minimum absolute atomic E-state index is 0.0729. The number of Topliss-reactive ketones (excluding diaryl/α,β-unsaturated/α-hetero) is 1. The maximum Gasteiger partial charge on any atom is 0.272 e. The van der Waals surface area contributed by atoms with Crippen LogP contribution >= 0.6 is 0 Å². The molecule has 5 heteroatoms. The highest BCUT2D eigenvalue weighted by atomic mass is 16.3. The molecule has 5 nitrogen and oxygen atoms in total. The molecule has 92 valence electrons. The number of carbonyl (C=O) groups excluding carboxylic acids is 2. The van der Waals surface area contributed by atoms with Crippen LogP contribution < -0.4 is 5.32 Å². The van der Waals surface area contributed by atoms with Crippen LogP contribution in [0.4, 0.5) is 5.69 Å². The Morgan fingerprint density at radius 3 is 2.67 bits per heavy atom. The molecule has 0 aliphatic carbocycles. The first-order valence-electron chi connectivity index (χ1n) is 5.36. The van der Waals surface area contributed by atoms with Crippen molar-refractivity contribution in [2.75, 3.05) is 5.32 Å². The zero-order chi connectivity index (χ0) is 13.1. The fourth-order valence-corrected chi connectivity index (χ4v) is 1.51. The molecule has 0 saturated heterocycles. The molecule has 0 aliphatic rings. The van der Waals surface area contributed by atoms with Crippen LogP contribution in [0.25, 0.3) is 0 Å². The van der Waals surface area contributed by atoms with E-state index in [-0.39, 0.29) is 17.4 Å². The summed E-state index contributed by atoms with van der Waals surface area (Å²) < 4.78 is 0. The predicted octanol–water partition coefficient (Wildman–Crippen LogP) is 2.18. The normalized spacial score (nSPS) is 10.1. The number of anilines is 1. The second-order valence-electron chi connectivity index (χ2n) is 3.86. The van der Waals surface area contributed by atoms with Gasteiger partial charge in [0.1, 0.15) is 11.4 Å². The quantitative estimate of drug-likeness (QED) is 0.724. The zero-order valence-corrected chi connectivity index (χ0v) is 9.73. The van der Waals surface area contributed by atoms with Crippen molar-refractivity contribution in [3.05, 3.63) is 47.8 Å². The molecule has 0 fully saturated rings. The third-order valence-electron chi connectivity index (χ3n) is 2.44. The number of aromatic nitrogens is 1. The van der Waals surface area contributed by atoms with Gasteiger partial charge in [0.25, 0.3) is 5.91 Å². The largest absolute Gasteiger partial charge is 0.508 e.